The number of nitrogens with one attached hydrogen (secondary N) is 1. The lowest BCUT2D eigenvalue weighted by Crippen LogP contribution is -2.11. The molecule has 16 heavy (non-hydrogen) atoms. The van der Waals surface area contributed by atoms with E-state index in [-0.39, 0.29) is 17.7 Å². The van der Waals surface area contributed by atoms with E-state index < -0.39 is 0 Å². The molecule has 0 spiro atoms. The van der Waals surface area contributed by atoms with Crippen LogP contribution in [0.25, 0.3) is 0 Å². The minimum atomic E-state index is -0.260. The molecule has 1 atom stereocenters. The van der Waals surface area contributed by atoms with E-state index in [0.29, 0.717) is 25.3 Å². The van der Waals surface area contributed by atoms with Crippen LogP contribution in [0.5, 0.6) is 0 Å². The van der Waals surface area contributed by atoms with Crippen LogP contribution in [0.4, 0.5) is 10.1 Å². The quantitative estimate of drug-likeness (QED) is 0.799. The first-order valence-electron chi connectivity index (χ1n) is 5.40. The molecular weight excluding hydrogens is 209 g/mol. The van der Waals surface area contributed by atoms with E-state index in [1.165, 1.54) is 6.07 Å². The fraction of sp³-hybridized carbons (Fsp3) is 0.417. The van der Waals surface area contributed by atoms with Crippen LogP contribution in [0.1, 0.15) is 24.8 Å². The summed E-state index contributed by atoms with van der Waals surface area (Å²) in [6, 6.07) is 4.93. The van der Waals surface area contributed by atoms with Gasteiger partial charge >= 0.3 is 5.97 Å². The van der Waals surface area contributed by atoms with Crippen LogP contribution in [0, 0.1) is 5.82 Å². The van der Waals surface area contributed by atoms with Gasteiger partial charge in [0.15, 0.2) is 0 Å². The van der Waals surface area contributed by atoms with Crippen LogP contribution in [-0.4, -0.2) is 19.1 Å². The molecule has 0 saturated heterocycles. The van der Waals surface area contributed by atoms with Crippen LogP contribution in [0.3, 0.4) is 0 Å². The maximum atomic E-state index is 13.4. The fourth-order valence-corrected chi connectivity index (χ4v) is 2.01. The maximum absolute atomic E-state index is 13.4. The second-order valence-corrected chi connectivity index (χ2v) is 3.79. The first-order valence-corrected chi connectivity index (χ1v) is 5.40. The Balaban J connectivity index is 2.12. The number of para-hydroxylation sites is 1. The third-order valence-corrected chi connectivity index (χ3v) is 2.73. The number of carbonyl (C=O) groups is 1. The number of ether oxygens (including phenoxy) is 1. The summed E-state index contributed by atoms with van der Waals surface area (Å²) in [5.41, 5.74) is 1.39. The van der Waals surface area contributed by atoms with Gasteiger partial charge < -0.3 is 10.1 Å². The summed E-state index contributed by atoms with van der Waals surface area (Å²) in [5.74, 6) is -0.472. The molecular formula is C12H14FNO2. The van der Waals surface area contributed by atoms with E-state index in [0.717, 1.165) is 5.56 Å². The highest BCUT2D eigenvalue weighted by molar-refractivity contribution is 5.72. The molecule has 0 radical (unpaired) electrons. The Morgan fingerprint density at radius 2 is 2.44 bits per heavy atom. The van der Waals surface area contributed by atoms with Crippen LogP contribution < -0.4 is 5.32 Å². The smallest absolute Gasteiger partial charge is 0.306 e. The molecule has 1 aromatic carbocycles. The lowest BCUT2D eigenvalue weighted by atomic mass is 9.98. The van der Waals surface area contributed by atoms with Crippen molar-refractivity contribution in [3.63, 3.8) is 0 Å². The fourth-order valence-electron chi connectivity index (χ4n) is 2.01. The first-order chi connectivity index (χ1) is 7.72. The average Bonchev–Trinajstić information content (AvgIpc) is 2.64. The summed E-state index contributed by atoms with van der Waals surface area (Å²) in [6.45, 7) is 2.75. The number of rotatable bonds is 3. The Kier molecular flexibility index (Phi) is 3.08. The van der Waals surface area contributed by atoms with E-state index >= 15 is 0 Å². The van der Waals surface area contributed by atoms with E-state index in [4.69, 9.17) is 4.74 Å². The van der Waals surface area contributed by atoms with Crippen LogP contribution in [0.15, 0.2) is 18.2 Å². The van der Waals surface area contributed by atoms with Gasteiger partial charge in [-0.25, -0.2) is 4.39 Å². The zero-order valence-electron chi connectivity index (χ0n) is 9.13. The van der Waals surface area contributed by atoms with Crippen molar-refractivity contribution >= 4 is 11.7 Å². The van der Waals surface area contributed by atoms with Crippen LogP contribution in [0.2, 0.25) is 0 Å². The van der Waals surface area contributed by atoms with Gasteiger partial charge in [-0.05, 0) is 18.6 Å². The molecule has 4 heteroatoms. The van der Waals surface area contributed by atoms with Gasteiger partial charge in [-0.15, -0.1) is 0 Å². The third kappa shape index (κ3) is 2.01. The van der Waals surface area contributed by atoms with Gasteiger partial charge in [0.2, 0.25) is 0 Å². The summed E-state index contributed by atoms with van der Waals surface area (Å²) in [4.78, 5) is 11.4. The minimum Gasteiger partial charge on any atom is -0.466 e. The van der Waals surface area contributed by atoms with Crippen molar-refractivity contribution in [3.05, 3.63) is 29.6 Å². The normalized spacial score (nSPS) is 17.8. The number of carbonyl (C=O) groups excluding carboxylic acids is 1. The number of hydrogen-bond acceptors (Lipinski definition) is 3. The lowest BCUT2D eigenvalue weighted by molar-refractivity contribution is -0.143. The molecule has 1 N–H and O–H groups in total. The van der Waals surface area contributed by atoms with Crippen molar-refractivity contribution in [2.45, 2.75) is 19.3 Å². The Bertz CT molecular complexity index is 406. The predicted molar refractivity (Wildman–Crippen MR) is 58.9 cm³/mol. The number of fused-ring (bicyclic) bond motifs is 1. The van der Waals surface area contributed by atoms with E-state index in [1.54, 1.807) is 13.0 Å². The zero-order chi connectivity index (χ0) is 11.5. The third-order valence-electron chi connectivity index (χ3n) is 2.73. The molecule has 0 amide bonds. The SMILES string of the molecule is CCOC(=O)CC1CNc2c(F)cccc21. The highest BCUT2D eigenvalue weighted by Crippen LogP contribution is 2.35. The van der Waals surface area contributed by atoms with Crippen LogP contribution in [-0.2, 0) is 9.53 Å². The Hall–Kier alpha value is -1.58. The molecule has 0 saturated carbocycles. The van der Waals surface area contributed by atoms with E-state index in [2.05, 4.69) is 5.32 Å². The van der Waals surface area contributed by atoms with Gasteiger partial charge in [0, 0.05) is 12.5 Å². The molecule has 1 unspecified atom stereocenters. The largest absolute Gasteiger partial charge is 0.466 e. The van der Waals surface area contributed by atoms with E-state index in [9.17, 15) is 9.18 Å². The molecule has 1 aliphatic heterocycles. The van der Waals surface area contributed by atoms with Crippen molar-refractivity contribution in [2.75, 3.05) is 18.5 Å². The highest BCUT2D eigenvalue weighted by Gasteiger charge is 2.26. The van der Waals surface area contributed by atoms with Crippen molar-refractivity contribution in [3.8, 4) is 0 Å². The van der Waals surface area contributed by atoms with Gasteiger partial charge in [-0.3, -0.25) is 4.79 Å². The zero-order valence-corrected chi connectivity index (χ0v) is 9.13. The van der Waals surface area contributed by atoms with Crippen molar-refractivity contribution in [1.82, 2.24) is 0 Å². The van der Waals surface area contributed by atoms with Crippen molar-refractivity contribution < 1.29 is 13.9 Å². The van der Waals surface area contributed by atoms with Gasteiger partial charge in [0.25, 0.3) is 0 Å². The molecule has 0 fully saturated rings. The first kappa shape index (κ1) is 10.9. The van der Waals surface area contributed by atoms with Crippen LogP contribution >= 0.6 is 0 Å². The molecule has 2 rings (SSSR count). The Morgan fingerprint density at radius 3 is 3.19 bits per heavy atom. The Labute approximate surface area is 93.6 Å². The summed E-state index contributed by atoms with van der Waals surface area (Å²) in [5, 5.41) is 2.98. The summed E-state index contributed by atoms with van der Waals surface area (Å²) >= 11 is 0. The maximum Gasteiger partial charge on any atom is 0.306 e. The number of esters is 1. The second kappa shape index (κ2) is 4.51. The molecule has 3 nitrogen and oxygen atoms in total. The second-order valence-electron chi connectivity index (χ2n) is 3.79. The summed E-state index contributed by atoms with van der Waals surface area (Å²) in [6.07, 6.45) is 0.303. The van der Waals surface area contributed by atoms with Crippen molar-refractivity contribution in [1.29, 1.82) is 0 Å². The topological polar surface area (TPSA) is 38.3 Å². The predicted octanol–water partition coefficient (Wildman–Crippen LogP) is 2.29. The highest BCUT2D eigenvalue weighted by atomic mass is 19.1. The van der Waals surface area contributed by atoms with Gasteiger partial charge in [0.1, 0.15) is 5.82 Å². The number of halogens is 1. The molecule has 1 aliphatic rings. The molecule has 1 heterocycles. The number of hydrogen-bond donors (Lipinski definition) is 1. The lowest BCUT2D eigenvalue weighted by Gasteiger charge is -2.08. The minimum absolute atomic E-state index is 0.0183. The molecule has 0 aliphatic carbocycles. The van der Waals surface area contributed by atoms with E-state index in [1.807, 2.05) is 6.07 Å². The molecule has 1 aromatic rings. The number of benzene rings is 1. The van der Waals surface area contributed by atoms with Gasteiger partial charge in [-0.2, -0.15) is 0 Å². The number of anilines is 1. The van der Waals surface area contributed by atoms with Gasteiger partial charge in [0.05, 0.1) is 18.7 Å². The standard InChI is InChI=1S/C12H14FNO2/c1-2-16-11(15)6-8-7-14-12-9(8)4-3-5-10(12)13/h3-5,8,14H,2,6-7H2,1H3. The summed E-state index contributed by atoms with van der Waals surface area (Å²) < 4.78 is 18.3. The van der Waals surface area contributed by atoms with Gasteiger partial charge in [-0.1, -0.05) is 12.1 Å². The molecule has 0 bridgehead atoms. The average molecular weight is 223 g/mol. The monoisotopic (exact) mass is 223 g/mol. The van der Waals surface area contributed by atoms with Crippen molar-refractivity contribution in [2.24, 2.45) is 0 Å². The molecule has 86 valence electrons. The molecule has 0 aromatic heterocycles. The Morgan fingerprint density at radius 1 is 1.62 bits per heavy atom. The summed E-state index contributed by atoms with van der Waals surface area (Å²) in [7, 11) is 0.